The third kappa shape index (κ3) is 3.11. The van der Waals surface area contributed by atoms with E-state index in [4.69, 9.17) is 16.2 Å². The number of aliphatic carboxylic acids is 1. The molecule has 1 rings (SSSR count). The number of nitrogens with zero attached hydrogens (tertiary/aromatic N) is 1. The number of carboxylic acids is 1. The second kappa shape index (κ2) is 4.75. The molecule has 0 atom stereocenters. The summed E-state index contributed by atoms with van der Waals surface area (Å²) in [5, 5.41) is 19.2. The van der Waals surface area contributed by atoms with E-state index in [0.29, 0.717) is 5.56 Å². The predicted molar refractivity (Wildman–Crippen MR) is 55.7 cm³/mol. The van der Waals surface area contributed by atoms with Crippen LogP contribution in [0, 0.1) is 5.41 Å². The van der Waals surface area contributed by atoms with Crippen LogP contribution in [0.1, 0.15) is 5.56 Å². The van der Waals surface area contributed by atoms with Gasteiger partial charge in [0.1, 0.15) is 0 Å². The molecule has 0 unspecified atom stereocenters. The molecule has 15 heavy (non-hydrogen) atoms. The Morgan fingerprint density at radius 2 is 2.00 bits per heavy atom. The second-order valence-corrected chi connectivity index (χ2v) is 2.66. The lowest BCUT2D eigenvalue weighted by molar-refractivity contribution is -0.129. The minimum absolute atomic E-state index is 0.189. The normalized spacial score (nSPS) is 10.8. The van der Waals surface area contributed by atoms with E-state index < -0.39 is 11.9 Å². The standard InChI is InChI=1S/C9H10N4O2/c10-9(11)13-12-7(8(14)15)6-4-2-1-3-5-6/h1-5H,(H,14,15)(H4,10,11,13)/b12-7-. The lowest BCUT2D eigenvalue weighted by atomic mass is 10.1. The summed E-state index contributed by atoms with van der Waals surface area (Å²) in [7, 11) is 0. The first-order chi connectivity index (χ1) is 7.11. The molecule has 0 saturated heterocycles. The van der Waals surface area contributed by atoms with Crippen LogP contribution in [0.3, 0.4) is 0 Å². The molecule has 0 bridgehead atoms. The van der Waals surface area contributed by atoms with Gasteiger partial charge in [0.2, 0.25) is 5.96 Å². The molecule has 0 aliphatic heterocycles. The first-order valence-corrected chi connectivity index (χ1v) is 4.07. The summed E-state index contributed by atoms with van der Waals surface area (Å²) in [5.74, 6) is -1.60. The number of nitrogens with two attached hydrogens (primary N) is 1. The van der Waals surface area contributed by atoms with Gasteiger partial charge < -0.3 is 10.8 Å². The Morgan fingerprint density at radius 3 is 2.47 bits per heavy atom. The van der Waals surface area contributed by atoms with Crippen LogP contribution in [-0.2, 0) is 4.79 Å². The highest BCUT2D eigenvalue weighted by atomic mass is 16.4. The van der Waals surface area contributed by atoms with E-state index in [9.17, 15) is 4.79 Å². The van der Waals surface area contributed by atoms with Gasteiger partial charge >= 0.3 is 5.97 Å². The van der Waals surface area contributed by atoms with Gasteiger partial charge in [-0.25, -0.2) is 10.2 Å². The first-order valence-electron chi connectivity index (χ1n) is 4.07. The molecule has 1 aromatic rings. The summed E-state index contributed by atoms with van der Waals surface area (Å²) in [6.07, 6.45) is 0. The van der Waals surface area contributed by atoms with Gasteiger partial charge in [0.05, 0.1) is 0 Å². The molecular weight excluding hydrogens is 196 g/mol. The summed E-state index contributed by atoms with van der Waals surface area (Å²) in [4.78, 5) is 10.8. The summed E-state index contributed by atoms with van der Waals surface area (Å²) in [6, 6.07) is 8.37. The molecule has 0 saturated carbocycles. The van der Waals surface area contributed by atoms with Crippen molar-refractivity contribution in [3.63, 3.8) is 0 Å². The molecule has 0 aromatic heterocycles. The maximum atomic E-state index is 10.8. The largest absolute Gasteiger partial charge is 0.476 e. The average Bonchev–Trinajstić information content (AvgIpc) is 2.18. The minimum atomic E-state index is -1.19. The maximum absolute atomic E-state index is 10.8. The summed E-state index contributed by atoms with van der Waals surface area (Å²) in [6.45, 7) is 0. The fourth-order valence-electron chi connectivity index (χ4n) is 0.948. The molecule has 0 amide bonds. The lowest BCUT2D eigenvalue weighted by Gasteiger charge is -2.01. The van der Waals surface area contributed by atoms with Gasteiger partial charge in [-0.05, 0) is 0 Å². The molecule has 5 N–H and O–H groups in total. The van der Waals surface area contributed by atoms with E-state index in [0.717, 1.165) is 0 Å². The minimum Gasteiger partial charge on any atom is -0.476 e. The number of carboxylic acid groups (broad SMARTS) is 1. The predicted octanol–water partition coefficient (Wildman–Crippen LogP) is -0.0416. The number of rotatable bonds is 3. The Hall–Kier alpha value is -2.37. The van der Waals surface area contributed by atoms with E-state index in [1.165, 1.54) is 0 Å². The zero-order valence-electron chi connectivity index (χ0n) is 7.77. The number of benzene rings is 1. The van der Waals surface area contributed by atoms with Crippen LogP contribution in [0.4, 0.5) is 0 Å². The molecule has 6 heteroatoms. The maximum Gasteiger partial charge on any atom is 0.356 e. The van der Waals surface area contributed by atoms with Crippen LogP contribution in [0.15, 0.2) is 35.4 Å². The zero-order chi connectivity index (χ0) is 11.3. The van der Waals surface area contributed by atoms with E-state index in [2.05, 4.69) is 10.5 Å². The number of guanidine groups is 1. The van der Waals surface area contributed by atoms with Gasteiger partial charge in [0, 0.05) is 5.56 Å². The highest BCUT2D eigenvalue weighted by Gasteiger charge is 2.11. The SMILES string of the molecule is N=C(N)N/N=C(\C(=O)O)c1ccccc1. The highest BCUT2D eigenvalue weighted by Crippen LogP contribution is 2.00. The number of hydrogen-bond acceptors (Lipinski definition) is 3. The Balaban J connectivity index is 2.99. The van der Waals surface area contributed by atoms with Gasteiger partial charge in [-0.1, -0.05) is 30.3 Å². The molecule has 0 aliphatic rings. The van der Waals surface area contributed by atoms with Gasteiger partial charge in [0.15, 0.2) is 5.71 Å². The van der Waals surface area contributed by atoms with Crippen molar-refractivity contribution in [2.45, 2.75) is 0 Å². The number of hydrazone groups is 1. The summed E-state index contributed by atoms with van der Waals surface area (Å²) >= 11 is 0. The molecule has 78 valence electrons. The van der Waals surface area contributed by atoms with Crippen LogP contribution in [-0.4, -0.2) is 22.7 Å². The molecule has 0 radical (unpaired) electrons. The van der Waals surface area contributed by atoms with E-state index in [-0.39, 0.29) is 5.71 Å². The quantitative estimate of drug-likeness (QED) is 0.316. The number of carbonyl (C=O) groups is 1. The molecule has 0 aliphatic carbocycles. The summed E-state index contributed by atoms with van der Waals surface area (Å²) < 4.78 is 0. The lowest BCUT2D eigenvalue weighted by Crippen LogP contribution is -2.28. The van der Waals surface area contributed by atoms with Gasteiger partial charge in [0.25, 0.3) is 0 Å². The van der Waals surface area contributed by atoms with Crippen molar-refractivity contribution in [2.75, 3.05) is 0 Å². The van der Waals surface area contributed by atoms with Crippen molar-refractivity contribution < 1.29 is 9.90 Å². The van der Waals surface area contributed by atoms with Crippen LogP contribution in [0.2, 0.25) is 0 Å². The topological polar surface area (TPSA) is 112 Å². The molecule has 1 aromatic carbocycles. The van der Waals surface area contributed by atoms with Crippen LogP contribution >= 0.6 is 0 Å². The fraction of sp³-hybridized carbons (Fsp3) is 0. The van der Waals surface area contributed by atoms with Crippen LogP contribution in [0.25, 0.3) is 0 Å². The number of nitrogens with one attached hydrogen (secondary N) is 2. The van der Waals surface area contributed by atoms with E-state index in [1.807, 2.05) is 0 Å². The Bertz CT molecular complexity index is 400. The highest BCUT2D eigenvalue weighted by molar-refractivity contribution is 6.42. The van der Waals surface area contributed by atoms with Gasteiger partial charge in [-0.3, -0.25) is 5.41 Å². The van der Waals surface area contributed by atoms with Crippen molar-refractivity contribution in [2.24, 2.45) is 10.8 Å². The average molecular weight is 206 g/mol. The zero-order valence-corrected chi connectivity index (χ0v) is 7.77. The molecule has 0 fully saturated rings. The Morgan fingerprint density at radius 1 is 1.40 bits per heavy atom. The molecule has 0 spiro atoms. The van der Waals surface area contributed by atoms with Crippen molar-refractivity contribution >= 4 is 17.6 Å². The number of hydrogen-bond donors (Lipinski definition) is 4. The monoisotopic (exact) mass is 206 g/mol. The summed E-state index contributed by atoms with van der Waals surface area (Å²) in [5.41, 5.74) is 7.34. The first kappa shape index (κ1) is 10.7. The molecular formula is C9H10N4O2. The third-order valence-corrected chi connectivity index (χ3v) is 1.54. The van der Waals surface area contributed by atoms with E-state index >= 15 is 0 Å². The second-order valence-electron chi connectivity index (χ2n) is 2.66. The van der Waals surface area contributed by atoms with Crippen molar-refractivity contribution in [3.8, 4) is 0 Å². The smallest absolute Gasteiger partial charge is 0.356 e. The Labute approximate surface area is 85.9 Å². The Kier molecular flexibility index (Phi) is 3.39. The fourth-order valence-corrected chi connectivity index (χ4v) is 0.948. The van der Waals surface area contributed by atoms with Crippen molar-refractivity contribution in [3.05, 3.63) is 35.9 Å². The van der Waals surface area contributed by atoms with Crippen molar-refractivity contribution in [1.29, 1.82) is 5.41 Å². The van der Waals surface area contributed by atoms with Crippen LogP contribution < -0.4 is 11.2 Å². The van der Waals surface area contributed by atoms with Crippen molar-refractivity contribution in [1.82, 2.24) is 5.43 Å². The third-order valence-electron chi connectivity index (χ3n) is 1.54. The van der Waals surface area contributed by atoms with Gasteiger partial charge in [-0.15, -0.1) is 0 Å². The van der Waals surface area contributed by atoms with Crippen LogP contribution in [0.5, 0.6) is 0 Å². The molecule has 6 nitrogen and oxygen atoms in total. The van der Waals surface area contributed by atoms with Gasteiger partial charge in [-0.2, -0.15) is 5.10 Å². The van der Waals surface area contributed by atoms with E-state index in [1.54, 1.807) is 30.3 Å². The molecule has 0 heterocycles.